The Morgan fingerprint density at radius 3 is 2.26 bits per heavy atom. The van der Waals surface area contributed by atoms with Gasteiger partial charge in [0.2, 0.25) is 0 Å². The second kappa shape index (κ2) is 6.46. The highest BCUT2D eigenvalue weighted by Gasteiger charge is 2.33. The summed E-state index contributed by atoms with van der Waals surface area (Å²) in [5.41, 5.74) is 1.58. The van der Waals surface area contributed by atoms with Crippen LogP contribution in [-0.4, -0.2) is 22.5 Å². The quantitative estimate of drug-likeness (QED) is 0.876. The van der Waals surface area contributed by atoms with E-state index in [9.17, 15) is 4.79 Å². The first-order valence-corrected chi connectivity index (χ1v) is 8.31. The molecule has 0 bridgehead atoms. The minimum atomic E-state index is -0.202. The second-order valence-corrected chi connectivity index (χ2v) is 7.60. The van der Waals surface area contributed by atoms with Crippen molar-refractivity contribution in [1.82, 2.24) is 0 Å². The zero-order valence-corrected chi connectivity index (χ0v) is 14.0. The van der Waals surface area contributed by atoms with Crippen LogP contribution < -0.4 is 10.2 Å². The minimum Gasteiger partial charge on any atom is -0.307 e. The Kier molecular flexibility index (Phi) is 4.39. The van der Waals surface area contributed by atoms with Crippen molar-refractivity contribution in [2.24, 2.45) is 4.99 Å². The van der Waals surface area contributed by atoms with Crippen LogP contribution in [0, 0.1) is 0 Å². The highest BCUT2D eigenvalue weighted by atomic mass is 32.2. The van der Waals surface area contributed by atoms with E-state index in [0.717, 1.165) is 16.5 Å². The number of thioether (sulfide) groups is 1. The van der Waals surface area contributed by atoms with Crippen molar-refractivity contribution in [3.8, 4) is 0 Å². The molecule has 0 aliphatic carbocycles. The molecule has 2 aromatic carbocycles. The third-order valence-corrected chi connectivity index (χ3v) is 4.57. The van der Waals surface area contributed by atoms with Crippen LogP contribution in [0.25, 0.3) is 0 Å². The number of aliphatic imine (C=N–C) groups is 1. The first kappa shape index (κ1) is 15.6. The molecule has 0 aromatic heterocycles. The van der Waals surface area contributed by atoms with Crippen LogP contribution in [0.5, 0.6) is 0 Å². The van der Waals surface area contributed by atoms with Crippen molar-refractivity contribution in [2.75, 3.05) is 16.8 Å². The normalized spacial score (nSPS) is 15.8. The van der Waals surface area contributed by atoms with Gasteiger partial charge in [-0.05, 0) is 38.1 Å². The fraction of sp³-hybridized carbons (Fsp3) is 0.222. The molecule has 1 heterocycles. The molecule has 1 aliphatic rings. The molecule has 0 spiro atoms. The number of amidine groups is 1. The summed E-state index contributed by atoms with van der Waals surface area (Å²) in [5, 5.41) is 3.67. The smallest absolute Gasteiger partial charge is 0.307 e. The number of urea groups is 1. The maximum atomic E-state index is 12.8. The van der Waals surface area contributed by atoms with Gasteiger partial charge in [-0.1, -0.05) is 48.2 Å². The zero-order valence-electron chi connectivity index (χ0n) is 13.2. The van der Waals surface area contributed by atoms with Crippen molar-refractivity contribution in [3.63, 3.8) is 0 Å². The molecule has 0 unspecified atom stereocenters. The van der Waals surface area contributed by atoms with Crippen LogP contribution in [0.3, 0.4) is 0 Å². The number of carbonyl (C=O) groups excluding carboxylic acids is 1. The van der Waals surface area contributed by atoms with Crippen molar-refractivity contribution in [3.05, 3.63) is 60.7 Å². The molecule has 5 heteroatoms. The molecule has 0 radical (unpaired) electrons. The summed E-state index contributed by atoms with van der Waals surface area (Å²) in [6.45, 7) is 4.97. The number of hydrogen-bond acceptors (Lipinski definition) is 3. The fourth-order valence-electron chi connectivity index (χ4n) is 2.28. The fourth-order valence-corrected chi connectivity index (χ4v) is 3.31. The number of para-hydroxylation sites is 2. The van der Waals surface area contributed by atoms with Gasteiger partial charge in [0.1, 0.15) is 0 Å². The first-order chi connectivity index (χ1) is 11.1. The lowest BCUT2D eigenvalue weighted by molar-refractivity contribution is 0.259. The molecule has 0 atom stereocenters. The van der Waals surface area contributed by atoms with Crippen LogP contribution in [0.4, 0.5) is 16.2 Å². The Labute approximate surface area is 140 Å². The molecule has 0 saturated heterocycles. The van der Waals surface area contributed by atoms with Crippen LogP contribution in [-0.2, 0) is 0 Å². The van der Waals surface area contributed by atoms with E-state index in [4.69, 9.17) is 0 Å². The number of carbonyl (C=O) groups is 1. The van der Waals surface area contributed by atoms with Gasteiger partial charge in [-0.15, -0.1) is 0 Å². The Balaban J connectivity index is 1.88. The summed E-state index contributed by atoms with van der Waals surface area (Å²) in [5.74, 6) is 0. The SMILES string of the molecule is CC1(C)CN=C(N(C(=O)Nc2ccccc2)c2ccccc2)S1. The van der Waals surface area contributed by atoms with Crippen LogP contribution in [0.1, 0.15) is 13.8 Å². The third kappa shape index (κ3) is 3.74. The lowest BCUT2D eigenvalue weighted by atomic mass is 10.2. The summed E-state index contributed by atoms with van der Waals surface area (Å²) >= 11 is 1.62. The van der Waals surface area contributed by atoms with Crippen LogP contribution >= 0.6 is 11.8 Å². The Hall–Kier alpha value is -2.27. The molecule has 1 aliphatic heterocycles. The van der Waals surface area contributed by atoms with E-state index in [1.165, 1.54) is 0 Å². The topological polar surface area (TPSA) is 44.7 Å². The van der Waals surface area contributed by atoms with E-state index in [-0.39, 0.29) is 10.8 Å². The molecular weight excluding hydrogens is 306 g/mol. The first-order valence-electron chi connectivity index (χ1n) is 7.50. The maximum Gasteiger partial charge on any atom is 0.332 e. The van der Waals surface area contributed by atoms with E-state index < -0.39 is 0 Å². The van der Waals surface area contributed by atoms with E-state index in [0.29, 0.717) is 6.54 Å². The predicted octanol–water partition coefficient (Wildman–Crippen LogP) is 4.61. The van der Waals surface area contributed by atoms with Gasteiger partial charge in [0.25, 0.3) is 0 Å². The van der Waals surface area contributed by atoms with Crippen molar-refractivity contribution >= 4 is 34.3 Å². The van der Waals surface area contributed by atoms with E-state index >= 15 is 0 Å². The molecule has 1 N–H and O–H groups in total. The lowest BCUT2D eigenvalue weighted by Crippen LogP contribution is -2.38. The summed E-state index contributed by atoms with van der Waals surface area (Å²) in [7, 11) is 0. The molecule has 0 saturated carbocycles. The predicted molar refractivity (Wildman–Crippen MR) is 98.4 cm³/mol. The van der Waals surface area contributed by atoms with Crippen molar-refractivity contribution in [1.29, 1.82) is 0 Å². The molecule has 2 aromatic rings. The molecule has 0 fully saturated rings. The van der Waals surface area contributed by atoms with E-state index in [1.807, 2.05) is 60.7 Å². The van der Waals surface area contributed by atoms with Gasteiger partial charge in [0.05, 0.1) is 12.2 Å². The van der Waals surface area contributed by atoms with Gasteiger partial charge in [-0.2, -0.15) is 0 Å². The van der Waals surface area contributed by atoms with Crippen LogP contribution in [0.2, 0.25) is 0 Å². The minimum absolute atomic E-state index is 0.00932. The highest BCUT2D eigenvalue weighted by molar-refractivity contribution is 8.15. The van der Waals surface area contributed by atoms with Gasteiger partial charge in [-0.3, -0.25) is 4.99 Å². The molecular formula is C18H19N3OS. The molecule has 3 rings (SSSR count). The van der Waals surface area contributed by atoms with E-state index in [2.05, 4.69) is 24.2 Å². The van der Waals surface area contributed by atoms with Crippen molar-refractivity contribution < 1.29 is 4.79 Å². The Morgan fingerprint density at radius 1 is 1.09 bits per heavy atom. The molecule has 118 valence electrons. The average molecular weight is 325 g/mol. The number of benzene rings is 2. The van der Waals surface area contributed by atoms with Gasteiger partial charge < -0.3 is 5.32 Å². The zero-order chi connectivity index (χ0) is 16.3. The van der Waals surface area contributed by atoms with Gasteiger partial charge in [0.15, 0.2) is 5.17 Å². The third-order valence-electron chi connectivity index (χ3n) is 3.40. The number of amides is 2. The largest absolute Gasteiger partial charge is 0.332 e. The summed E-state index contributed by atoms with van der Waals surface area (Å²) in [4.78, 5) is 19.0. The monoisotopic (exact) mass is 325 g/mol. The standard InChI is InChI=1S/C18H19N3OS/c1-18(2)13-19-17(23-18)21(15-11-7-4-8-12-15)16(22)20-14-9-5-3-6-10-14/h3-12H,13H2,1-2H3,(H,20,22). The highest BCUT2D eigenvalue weighted by Crippen LogP contribution is 2.35. The molecule has 23 heavy (non-hydrogen) atoms. The Bertz CT molecular complexity index is 714. The number of rotatable bonds is 2. The van der Waals surface area contributed by atoms with Crippen molar-refractivity contribution in [2.45, 2.75) is 18.6 Å². The number of nitrogens with one attached hydrogen (secondary N) is 1. The number of hydrogen-bond donors (Lipinski definition) is 1. The van der Waals surface area contributed by atoms with E-state index in [1.54, 1.807) is 16.7 Å². The second-order valence-electron chi connectivity index (χ2n) is 5.93. The summed E-state index contributed by atoms with van der Waals surface area (Å²) < 4.78 is 0.00932. The number of anilines is 2. The molecule has 4 nitrogen and oxygen atoms in total. The lowest BCUT2D eigenvalue weighted by Gasteiger charge is -2.24. The van der Waals surface area contributed by atoms with Gasteiger partial charge >= 0.3 is 6.03 Å². The average Bonchev–Trinajstić information content (AvgIpc) is 2.89. The summed E-state index contributed by atoms with van der Waals surface area (Å²) in [6, 6.07) is 18.9. The Morgan fingerprint density at radius 2 is 1.70 bits per heavy atom. The van der Waals surface area contributed by atoms with Gasteiger partial charge in [0, 0.05) is 10.4 Å². The van der Waals surface area contributed by atoms with Crippen LogP contribution in [0.15, 0.2) is 65.7 Å². The molecule has 2 amide bonds. The number of nitrogens with zero attached hydrogens (tertiary/aromatic N) is 2. The maximum absolute atomic E-state index is 12.8. The summed E-state index contributed by atoms with van der Waals surface area (Å²) in [6.07, 6.45) is 0. The van der Waals surface area contributed by atoms with Gasteiger partial charge in [-0.25, -0.2) is 9.69 Å².